The van der Waals surface area contributed by atoms with Crippen LogP contribution in [0.3, 0.4) is 0 Å². The summed E-state index contributed by atoms with van der Waals surface area (Å²) < 4.78 is 5.84. The Hall–Kier alpha value is -1.17. The minimum absolute atomic E-state index is 0.0190. The number of hydrogen-bond acceptors (Lipinski definition) is 4. The average molecular weight is 383 g/mol. The Kier molecular flexibility index (Phi) is 12.3. The standard InChI is InChI=1S/C22H38O5/c1-3-5-8-11-17(23)14-15-19-18(20(24)16-21(19)27-4-2)12-9-6-7-10-13-22(25)26/h6,9,14-15,17-21,23-24H,3-5,7-8,10-13,16H2,1-2H3,(H,25,26)/b9-6-,15-14+/t17?,18?,19-,20+,21-/m1/s1. The molecule has 2 unspecified atom stereocenters. The lowest BCUT2D eigenvalue weighted by atomic mass is 9.89. The fourth-order valence-electron chi connectivity index (χ4n) is 3.77. The first-order valence-corrected chi connectivity index (χ1v) is 10.5. The van der Waals surface area contributed by atoms with E-state index in [2.05, 4.69) is 6.92 Å². The molecule has 0 bridgehead atoms. The molecule has 1 fully saturated rings. The van der Waals surface area contributed by atoms with Crippen LogP contribution in [0.5, 0.6) is 0 Å². The first kappa shape index (κ1) is 23.9. The lowest BCUT2D eigenvalue weighted by molar-refractivity contribution is -0.137. The fraction of sp³-hybridized carbons (Fsp3) is 0.773. The Bertz CT molecular complexity index is 460. The number of aliphatic hydroxyl groups is 2. The molecule has 0 aliphatic heterocycles. The van der Waals surface area contributed by atoms with Crippen molar-refractivity contribution in [3.05, 3.63) is 24.3 Å². The van der Waals surface area contributed by atoms with Crippen LogP contribution in [0, 0.1) is 11.8 Å². The number of carbonyl (C=O) groups is 1. The van der Waals surface area contributed by atoms with Crippen LogP contribution in [0.1, 0.15) is 71.6 Å². The van der Waals surface area contributed by atoms with Crippen molar-refractivity contribution in [2.24, 2.45) is 11.8 Å². The molecule has 5 heteroatoms. The minimum atomic E-state index is -0.767. The van der Waals surface area contributed by atoms with Gasteiger partial charge in [-0.25, -0.2) is 0 Å². The Morgan fingerprint density at radius 2 is 2.00 bits per heavy atom. The van der Waals surface area contributed by atoms with Crippen LogP contribution >= 0.6 is 0 Å². The van der Waals surface area contributed by atoms with Crippen LogP contribution in [0.2, 0.25) is 0 Å². The fourth-order valence-corrected chi connectivity index (χ4v) is 3.77. The monoisotopic (exact) mass is 382 g/mol. The van der Waals surface area contributed by atoms with E-state index in [-0.39, 0.29) is 24.4 Å². The van der Waals surface area contributed by atoms with Crippen molar-refractivity contribution in [1.29, 1.82) is 0 Å². The molecule has 0 heterocycles. The van der Waals surface area contributed by atoms with Crippen molar-refractivity contribution in [3.63, 3.8) is 0 Å². The predicted octanol–water partition coefficient (Wildman–Crippen LogP) is 4.09. The molecule has 0 aromatic rings. The molecule has 0 aromatic carbocycles. The van der Waals surface area contributed by atoms with Gasteiger partial charge in [-0.05, 0) is 38.5 Å². The van der Waals surface area contributed by atoms with E-state index < -0.39 is 18.2 Å². The highest BCUT2D eigenvalue weighted by atomic mass is 16.5. The summed E-state index contributed by atoms with van der Waals surface area (Å²) in [6.45, 7) is 4.72. The maximum atomic E-state index is 10.5. The van der Waals surface area contributed by atoms with Crippen LogP contribution in [0.4, 0.5) is 0 Å². The van der Waals surface area contributed by atoms with Crippen LogP contribution in [-0.2, 0) is 9.53 Å². The number of allylic oxidation sites excluding steroid dienone is 2. The predicted molar refractivity (Wildman–Crippen MR) is 108 cm³/mol. The van der Waals surface area contributed by atoms with Crippen molar-refractivity contribution in [1.82, 2.24) is 0 Å². The summed E-state index contributed by atoms with van der Waals surface area (Å²) >= 11 is 0. The summed E-state index contributed by atoms with van der Waals surface area (Å²) in [5.41, 5.74) is 0. The van der Waals surface area contributed by atoms with Crippen molar-refractivity contribution in [2.75, 3.05) is 6.61 Å². The molecule has 0 aromatic heterocycles. The second-order valence-corrected chi connectivity index (χ2v) is 7.48. The lowest BCUT2D eigenvalue weighted by Gasteiger charge is -2.22. The number of hydrogen-bond donors (Lipinski definition) is 3. The largest absolute Gasteiger partial charge is 0.481 e. The van der Waals surface area contributed by atoms with Gasteiger partial charge in [0.15, 0.2) is 0 Å². The minimum Gasteiger partial charge on any atom is -0.481 e. The van der Waals surface area contributed by atoms with Crippen LogP contribution in [-0.4, -0.2) is 46.2 Å². The Morgan fingerprint density at radius 3 is 2.67 bits per heavy atom. The number of ether oxygens (including phenoxy) is 1. The quantitative estimate of drug-likeness (QED) is 0.311. The Labute approximate surface area is 164 Å². The number of rotatable bonds is 14. The molecule has 0 saturated heterocycles. The van der Waals surface area contributed by atoms with E-state index >= 15 is 0 Å². The Balaban J connectivity index is 2.60. The normalized spacial score (nSPS) is 27.0. The van der Waals surface area contributed by atoms with Crippen molar-refractivity contribution >= 4 is 5.97 Å². The van der Waals surface area contributed by atoms with Gasteiger partial charge in [0.05, 0.1) is 18.3 Å². The second kappa shape index (κ2) is 13.9. The molecular formula is C22H38O5. The summed E-state index contributed by atoms with van der Waals surface area (Å²) in [5.74, 6) is -0.613. The first-order chi connectivity index (χ1) is 13.0. The molecule has 0 radical (unpaired) electrons. The molecule has 0 amide bonds. The zero-order chi connectivity index (χ0) is 20.1. The van der Waals surface area contributed by atoms with Crippen LogP contribution < -0.4 is 0 Å². The molecule has 156 valence electrons. The van der Waals surface area contributed by atoms with Gasteiger partial charge in [0.2, 0.25) is 0 Å². The first-order valence-electron chi connectivity index (χ1n) is 10.5. The molecular weight excluding hydrogens is 344 g/mol. The second-order valence-electron chi connectivity index (χ2n) is 7.48. The molecule has 1 aliphatic rings. The van der Waals surface area contributed by atoms with Gasteiger partial charge in [0.1, 0.15) is 0 Å². The summed E-state index contributed by atoms with van der Waals surface area (Å²) in [6.07, 6.45) is 14.0. The highest BCUT2D eigenvalue weighted by molar-refractivity contribution is 5.66. The van der Waals surface area contributed by atoms with Crippen LogP contribution in [0.25, 0.3) is 0 Å². The number of aliphatic carboxylic acids is 1. The van der Waals surface area contributed by atoms with Gasteiger partial charge < -0.3 is 20.1 Å². The zero-order valence-corrected chi connectivity index (χ0v) is 16.9. The zero-order valence-electron chi connectivity index (χ0n) is 16.9. The van der Waals surface area contributed by atoms with Crippen molar-refractivity contribution in [3.8, 4) is 0 Å². The molecule has 1 aliphatic carbocycles. The molecule has 1 rings (SSSR count). The molecule has 5 nitrogen and oxygen atoms in total. The topological polar surface area (TPSA) is 87.0 Å². The maximum Gasteiger partial charge on any atom is 0.303 e. The SMILES string of the molecule is CCCCCC(O)/C=C/[C@@H]1C(C/C=C\CCCC(=O)O)[C@@H](O)C[C@H]1OCC. The smallest absolute Gasteiger partial charge is 0.303 e. The number of aliphatic hydroxyl groups excluding tert-OH is 2. The lowest BCUT2D eigenvalue weighted by Crippen LogP contribution is -2.22. The highest BCUT2D eigenvalue weighted by Gasteiger charge is 2.40. The third-order valence-corrected chi connectivity index (χ3v) is 5.27. The summed E-state index contributed by atoms with van der Waals surface area (Å²) in [7, 11) is 0. The van der Waals surface area contributed by atoms with E-state index in [1.54, 1.807) is 0 Å². The molecule has 1 saturated carbocycles. The van der Waals surface area contributed by atoms with E-state index in [4.69, 9.17) is 9.84 Å². The van der Waals surface area contributed by atoms with Gasteiger partial charge in [0, 0.05) is 25.4 Å². The van der Waals surface area contributed by atoms with Gasteiger partial charge in [0.25, 0.3) is 0 Å². The molecule has 5 atom stereocenters. The van der Waals surface area contributed by atoms with Gasteiger partial charge in [-0.2, -0.15) is 0 Å². The maximum absolute atomic E-state index is 10.5. The number of carboxylic acid groups (broad SMARTS) is 1. The molecule has 3 N–H and O–H groups in total. The summed E-state index contributed by atoms with van der Waals surface area (Å²) in [5, 5.41) is 29.3. The highest BCUT2D eigenvalue weighted by Crippen LogP contribution is 2.38. The van der Waals surface area contributed by atoms with E-state index in [1.807, 2.05) is 31.2 Å². The van der Waals surface area contributed by atoms with Gasteiger partial charge in [-0.1, -0.05) is 50.5 Å². The third kappa shape index (κ3) is 9.54. The van der Waals surface area contributed by atoms with E-state index in [9.17, 15) is 15.0 Å². The van der Waals surface area contributed by atoms with Crippen molar-refractivity contribution < 1.29 is 24.9 Å². The number of carboxylic acids is 1. The summed E-state index contributed by atoms with van der Waals surface area (Å²) in [6, 6.07) is 0. The Morgan fingerprint density at radius 1 is 1.22 bits per heavy atom. The van der Waals surface area contributed by atoms with Gasteiger partial charge >= 0.3 is 5.97 Å². The van der Waals surface area contributed by atoms with Gasteiger partial charge in [-0.3, -0.25) is 4.79 Å². The number of unbranched alkanes of at least 4 members (excludes halogenated alkanes) is 3. The average Bonchev–Trinajstić information content (AvgIpc) is 2.91. The van der Waals surface area contributed by atoms with Crippen LogP contribution in [0.15, 0.2) is 24.3 Å². The molecule has 27 heavy (non-hydrogen) atoms. The summed E-state index contributed by atoms with van der Waals surface area (Å²) in [4.78, 5) is 10.5. The molecule has 0 spiro atoms. The van der Waals surface area contributed by atoms with Gasteiger partial charge in [-0.15, -0.1) is 0 Å². The van der Waals surface area contributed by atoms with E-state index in [0.29, 0.717) is 19.4 Å². The third-order valence-electron chi connectivity index (χ3n) is 5.27. The van der Waals surface area contributed by atoms with Crippen molar-refractivity contribution in [2.45, 2.75) is 89.9 Å². The van der Waals surface area contributed by atoms with E-state index in [0.717, 1.165) is 38.5 Å². The van der Waals surface area contributed by atoms with E-state index in [1.165, 1.54) is 0 Å².